The van der Waals surface area contributed by atoms with Crippen molar-refractivity contribution in [2.45, 2.75) is 64.3 Å². The third-order valence-corrected chi connectivity index (χ3v) is 6.43. The summed E-state index contributed by atoms with van der Waals surface area (Å²) in [6, 6.07) is 0.167. The average molecular weight is 309 g/mol. The van der Waals surface area contributed by atoms with Crippen molar-refractivity contribution >= 4 is 11.8 Å². The maximum atomic E-state index is 6.12. The Morgan fingerprint density at radius 2 is 1.86 bits per heavy atom. The Morgan fingerprint density at radius 1 is 1.14 bits per heavy atom. The van der Waals surface area contributed by atoms with E-state index in [1.165, 1.54) is 25.7 Å². The van der Waals surface area contributed by atoms with Gasteiger partial charge in [-0.05, 0) is 37.0 Å². The summed E-state index contributed by atoms with van der Waals surface area (Å²) in [5.74, 6) is 5.24. The molecule has 1 aromatic rings. The third kappa shape index (κ3) is 3.29. The fourth-order valence-corrected chi connectivity index (χ4v) is 4.89. The van der Waals surface area contributed by atoms with Crippen LogP contribution >= 0.6 is 11.8 Å². The van der Waals surface area contributed by atoms with Gasteiger partial charge in [-0.15, -0.1) is 0 Å². The number of aromatic nitrogens is 2. The molecule has 118 valence electrons. The second-order valence-corrected chi connectivity index (χ2v) is 8.79. The molecule has 1 saturated heterocycles. The third-order valence-electron chi connectivity index (χ3n) is 5.22. The second kappa shape index (κ2) is 5.92. The molecule has 3 rings (SSSR count). The summed E-state index contributed by atoms with van der Waals surface area (Å²) in [6.07, 6.45) is 4.92. The molecule has 1 aromatic heterocycles. The smallest absolute Gasteiger partial charge is 0.232 e. The van der Waals surface area contributed by atoms with Crippen LogP contribution in [0.5, 0.6) is 0 Å². The lowest BCUT2D eigenvalue weighted by molar-refractivity contribution is 0.166. The minimum atomic E-state index is 0.167. The van der Waals surface area contributed by atoms with Gasteiger partial charge < -0.3 is 10.3 Å². The predicted molar refractivity (Wildman–Crippen MR) is 86.5 cm³/mol. The monoisotopic (exact) mass is 309 g/mol. The molecule has 2 aliphatic rings. The minimum Gasteiger partial charge on any atom is -0.339 e. The van der Waals surface area contributed by atoms with Gasteiger partial charge >= 0.3 is 0 Å². The van der Waals surface area contributed by atoms with Gasteiger partial charge in [0.2, 0.25) is 5.89 Å². The summed E-state index contributed by atoms with van der Waals surface area (Å²) in [6.45, 7) is 7.05. The van der Waals surface area contributed by atoms with Gasteiger partial charge in [-0.2, -0.15) is 16.7 Å². The summed E-state index contributed by atoms with van der Waals surface area (Å²) in [5.41, 5.74) is 6.53. The van der Waals surface area contributed by atoms with Gasteiger partial charge in [-0.1, -0.05) is 25.9 Å². The van der Waals surface area contributed by atoms with Crippen LogP contribution in [0.4, 0.5) is 0 Å². The Morgan fingerprint density at radius 3 is 2.43 bits per heavy atom. The fourth-order valence-electron chi connectivity index (χ4n) is 3.61. The highest BCUT2D eigenvalue weighted by atomic mass is 32.2. The summed E-state index contributed by atoms with van der Waals surface area (Å²) in [5, 5.41) is 4.26. The van der Waals surface area contributed by atoms with Crippen molar-refractivity contribution < 1.29 is 4.52 Å². The minimum absolute atomic E-state index is 0.167. The van der Waals surface area contributed by atoms with Gasteiger partial charge in [0.15, 0.2) is 5.82 Å². The molecule has 1 aliphatic carbocycles. The maximum Gasteiger partial charge on any atom is 0.232 e. The van der Waals surface area contributed by atoms with Gasteiger partial charge in [-0.3, -0.25) is 0 Å². The molecule has 2 N–H and O–H groups in total. The molecule has 2 unspecified atom stereocenters. The molecule has 0 amide bonds. The summed E-state index contributed by atoms with van der Waals surface area (Å²) >= 11 is 1.88. The summed E-state index contributed by atoms with van der Waals surface area (Å²) in [4.78, 5) is 4.68. The van der Waals surface area contributed by atoms with Crippen molar-refractivity contribution in [1.29, 1.82) is 0 Å². The fraction of sp³-hybridized carbons (Fsp3) is 0.875. The van der Waals surface area contributed by atoms with E-state index in [0.29, 0.717) is 11.3 Å². The Bertz CT molecular complexity index is 474. The topological polar surface area (TPSA) is 64.9 Å². The molecule has 0 aromatic carbocycles. The molecule has 1 saturated carbocycles. The Balaban J connectivity index is 1.63. The van der Waals surface area contributed by atoms with Crippen molar-refractivity contribution in [2.24, 2.45) is 17.1 Å². The highest BCUT2D eigenvalue weighted by molar-refractivity contribution is 7.99. The van der Waals surface area contributed by atoms with E-state index in [-0.39, 0.29) is 12.0 Å². The van der Waals surface area contributed by atoms with Crippen molar-refractivity contribution in [1.82, 2.24) is 10.1 Å². The Kier molecular flexibility index (Phi) is 4.33. The average Bonchev–Trinajstić information content (AvgIpc) is 3.06. The van der Waals surface area contributed by atoms with Crippen molar-refractivity contribution in [3.8, 4) is 0 Å². The molecule has 4 nitrogen and oxygen atoms in total. The SMILES string of the molecule is CC(C)(C)C1CCC(c2noc(C3CSCC3N)n2)CC1. The molecule has 2 heterocycles. The van der Waals surface area contributed by atoms with Crippen LogP contribution in [0.25, 0.3) is 0 Å². The number of nitrogens with zero attached hydrogens (tertiary/aromatic N) is 2. The van der Waals surface area contributed by atoms with Gasteiger partial charge in [0.1, 0.15) is 0 Å². The van der Waals surface area contributed by atoms with E-state index < -0.39 is 0 Å². The maximum absolute atomic E-state index is 6.12. The molecule has 0 radical (unpaired) electrons. The van der Waals surface area contributed by atoms with Crippen LogP contribution in [0, 0.1) is 11.3 Å². The Hall–Kier alpha value is -0.550. The molecule has 5 heteroatoms. The van der Waals surface area contributed by atoms with Gasteiger partial charge in [0, 0.05) is 23.5 Å². The van der Waals surface area contributed by atoms with Crippen LogP contribution in [0.1, 0.15) is 70.0 Å². The van der Waals surface area contributed by atoms with E-state index in [0.717, 1.165) is 29.1 Å². The standard InChI is InChI=1S/C16H27N3OS/c1-16(2,3)11-6-4-10(5-7-11)14-18-15(20-19-14)12-8-21-9-13(12)17/h10-13H,4-9,17H2,1-3H3. The molecular formula is C16H27N3OS. The Labute approximate surface area is 131 Å². The molecule has 21 heavy (non-hydrogen) atoms. The van der Waals surface area contributed by atoms with E-state index in [1.807, 2.05) is 11.8 Å². The van der Waals surface area contributed by atoms with Crippen LogP contribution in [-0.2, 0) is 0 Å². The lowest BCUT2D eigenvalue weighted by Gasteiger charge is -2.36. The predicted octanol–water partition coefficient (Wildman–Crippen LogP) is 3.55. The number of hydrogen-bond acceptors (Lipinski definition) is 5. The van der Waals surface area contributed by atoms with Crippen LogP contribution in [0.15, 0.2) is 4.52 Å². The first kappa shape index (κ1) is 15.3. The van der Waals surface area contributed by atoms with Crippen molar-refractivity contribution in [3.63, 3.8) is 0 Å². The van der Waals surface area contributed by atoms with Gasteiger partial charge in [0.25, 0.3) is 0 Å². The van der Waals surface area contributed by atoms with Crippen molar-refractivity contribution in [3.05, 3.63) is 11.7 Å². The highest BCUT2D eigenvalue weighted by Gasteiger charge is 2.34. The molecule has 0 bridgehead atoms. The van der Waals surface area contributed by atoms with Crippen LogP contribution in [0.3, 0.4) is 0 Å². The van der Waals surface area contributed by atoms with Gasteiger partial charge in [0.05, 0.1) is 5.92 Å². The molecule has 2 fully saturated rings. The first-order chi connectivity index (χ1) is 9.95. The van der Waals surface area contributed by atoms with E-state index in [9.17, 15) is 0 Å². The lowest BCUT2D eigenvalue weighted by atomic mass is 9.70. The molecular weight excluding hydrogens is 282 g/mol. The van der Waals surface area contributed by atoms with E-state index in [1.54, 1.807) is 0 Å². The van der Waals surface area contributed by atoms with Crippen molar-refractivity contribution in [2.75, 3.05) is 11.5 Å². The van der Waals surface area contributed by atoms with E-state index in [4.69, 9.17) is 10.3 Å². The lowest BCUT2D eigenvalue weighted by Crippen LogP contribution is -2.27. The highest BCUT2D eigenvalue weighted by Crippen LogP contribution is 2.42. The number of nitrogens with two attached hydrogens (primary N) is 1. The zero-order chi connectivity index (χ0) is 15.0. The number of thioether (sulfide) groups is 1. The summed E-state index contributed by atoms with van der Waals surface area (Å²) < 4.78 is 5.51. The quantitative estimate of drug-likeness (QED) is 0.905. The largest absolute Gasteiger partial charge is 0.339 e. The van der Waals surface area contributed by atoms with E-state index >= 15 is 0 Å². The van der Waals surface area contributed by atoms with Crippen LogP contribution in [-0.4, -0.2) is 27.7 Å². The van der Waals surface area contributed by atoms with Crippen LogP contribution < -0.4 is 5.73 Å². The van der Waals surface area contributed by atoms with Crippen LogP contribution in [0.2, 0.25) is 0 Å². The number of rotatable bonds is 2. The first-order valence-corrected chi connectivity index (χ1v) is 9.27. The molecule has 1 aliphatic heterocycles. The zero-order valence-electron chi connectivity index (χ0n) is 13.3. The molecule has 0 spiro atoms. The molecule has 2 atom stereocenters. The normalized spacial score (nSPS) is 34.3. The second-order valence-electron chi connectivity index (χ2n) is 7.71. The number of hydrogen-bond donors (Lipinski definition) is 1. The zero-order valence-corrected chi connectivity index (χ0v) is 14.2. The first-order valence-electron chi connectivity index (χ1n) is 8.12. The summed E-state index contributed by atoms with van der Waals surface area (Å²) in [7, 11) is 0. The van der Waals surface area contributed by atoms with E-state index in [2.05, 4.69) is 30.9 Å². The van der Waals surface area contributed by atoms with Gasteiger partial charge in [-0.25, -0.2) is 0 Å².